The standard InChI is InChI=1S/C39H34O2/c1-25-8-17-34-36-22-35(29-6-4-3-5-7-29)26(2)19-38(36)39(37(34)18-25,30-13-9-27(10-14-30)20-32-23-40-32)31-15-11-28(12-16-31)21-33-24-41-33/h3-19,22,32-33H,20-21,23-24H2,1-2H3. The summed E-state index contributed by atoms with van der Waals surface area (Å²) in [5.74, 6) is 0. The van der Waals surface area contributed by atoms with Gasteiger partial charge in [0.25, 0.3) is 0 Å². The molecule has 2 atom stereocenters. The second-order valence-electron chi connectivity index (χ2n) is 12.1. The molecule has 2 aliphatic heterocycles. The van der Waals surface area contributed by atoms with Gasteiger partial charge in [-0.25, -0.2) is 0 Å². The molecular weight excluding hydrogens is 500 g/mol. The van der Waals surface area contributed by atoms with Gasteiger partial charge in [0.1, 0.15) is 0 Å². The minimum atomic E-state index is -0.403. The molecule has 0 spiro atoms. The Morgan fingerprint density at radius 2 is 1.15 bits per heavy atom. The predicted molar refractivity (Wildman–Crippen MR) is 166 cm³/mol. The Balaban J connectivity index is 1.38. The number of aryl methyl sites for hydroxylation is 2. The van der Waals surface area contributed by atoms with Gasteiger partial charge < -0.3 is 9.47 Å². The van der Waals surface area contributed by atoms with Gasteiger partial charge in [0.05, 0.1) is 30.8 Å². The molecule has 0 N–H and O–H groups in total. The molecule has 5 aromatic rings. The van der Waals surface area contributed by atoms with E-state index in [2.05, 4.69) is 123 Å². The van der Waals surface area contributed by atoms with Gasteiger partial charge in [0.2, 0.25) is 0 Å². The third-order valence-corrected chi connectivity index (χ3v) is 9.23. The van der Waals surface area contributed by atoms with Crippen LogP contribution >= 0.6 is 0 Å². The first-order valence-electron chi connectivity index (χ1n) is 14.8. The lowest BCUT2D eigenvalue weighted by Gasteiger charge is -2.34. The van der Waals surface area contributed by atoms with Gasteiger partial charge in [-0.05, 0) is 81.1 Å². The zero-order valence-electron chi connectivity index (χ0n) is 23.7. The van der Waals surface area contributed by atoms with Crippen molar-refractivity contribution in [3.63, 3.8) is 0 Å². The third kappa shape index (κ3) is 4.25. The molecule has 3 aliphatic rings. The van der Waals surface area contributed by atoms with Gasteiger partial charge in [-0.15, -0.1) is 0 Å². The molecular formula is C39H34O2. The van der Waals surface area contributed by atoms with Crippen molar-refractivity contribution in [1.82, 2.24) is 0 Å². The van der Waals surface area contributed by atoms with Gasteiger partial charge >= 0.3 is 0 Å². The monoisotopic (exact) mass is 534 g/mol. The van der Waals surface area contributed by atoms with E-state index >= 15 is 0 Å². The van der Waals surface area contributed by atoms with Gasteiger partial charge in [0.15, 0.2) is 0 Å². The molecule has 41 heavy (non-hydrogen) atoms. The second kappa shape index (κ2) is 9.55. The summed E-state index contributed by atoms with van der Waals surface area (Å²) < 4.78 is 11.1. The fourth-order valence-electron chi connectivity index (χ4n) is 6.99. The molecule has 8 rings (SSSR count). The predicted octanol–water partition coefficient (Wildman–Crippen LogP) is 8.22. The summed E-state index contributed by atoms with van der Waals surface area (Å²) >= 11 is 0. The van der Waals surface area contributed by atoms with Crippen LogP contribution in [0.4, 0.5) is 0 Å². The van der Waals surface area contributed by atoms with Crippen LogP contribution < -0.4 is 0 Å². The normalized spacial score (nSPS) is 21.8. The molecule has 2 nitrogen and oxygen atoms in total. The molecule has 2 heteroatoms. The minimum Gasteiger partial charge on any atom is -0.373 e. The third-order valence-electron chi connectivity index (χ3n) is 9.23. The highest BCUT2D eigenvalue weighted by atomic mass is 16.6. The summed E-state index contributed by atoms with van der Waals surface area (Å²) in [6, 6.07) is 41.4. The number of fused-ring (bicyclic) bond motifs is 3. The Kier molecular flexibility index (Phi) is 5.77. The summed E-state index contributed by atoms with van der Waals surface area (Å²) in [5, 5.41) is 0. The van der Waals surface area contributed by atoms with E-state index in [-0.39, 0.29) is 0 Å². The van der Waals surface area contributed by atoms with E-state index < -0.39 is 5.41 Å². The van der Waals surface area contributed by atoms with Crippen molar-refractivity contribution in [2.45, 2.75) is 44.3 Å². The van der Waals surface area contributed by atoms with Crippen LogP contribution in [0.5, 0.6) is 0 Å². The first kappa shape index (κ1) is 24.8. The zero-order valence-corrected chi connectivity index (χ0v) is 23.7. The van der Waals surface area contributed by atoms with Crippen LogP contribution in [0.1, 0.15) is 44.5 Å². The van der Waals surface area contributed by atoms with Crippen molar-refractivity contribution in [3.05, 3.63) is 154 Å². The van der Waals surface area contributed by atoms with Gasteiger partial charge in [0, 0.05) is 12.8 Å². The number of ether oxygens (including phenoxy) is 2. The van der Waals surface area contributed by atoms with Crippen LogP contribution in [0, 0.1) is 13.8 Å². The fraction of sp³-hybridized carbons (Fsp3) is 0.231. The van der Waals surface area contributed by atoms with E-state index in [9.17, 15) is 0 Å². The van der Waals surface area contributed by atoms with Crippen LogP contribution in [0.25, 0.3) is 22.3 Å². The van der Waals surface area contributed by atoms with E-state index in [0.717, 1.165) is 26.1 Å². The van der Waals surface area contributed by atoms with E-state index in [1.807, 2.05) is 0 Å². The topological polar surface area (TPSA) is 25.1 Å². The first-order chi connectivity index (χ1) is 20.1. The zero-order chi connectivity index (χ0) is 27.6. The average molecular weight is 535 g/mol. The van der Waals surface area contributed by atoms with Crippen LogP contribution in [0.15, 0.2) is 109 Å². The van der Waals surface area contributed by atoms with Gasteiger partial charge in [-0.2, -0.15) is 0 Å². The summed E-state index contributed by atoms with van der Waals surface area (Å²) in [6.45, 7) is 6.24. The Morgan fingerprint density at radius 3 is 1.71 bits per heavy atom. The van der Waals surface area contributed by atoms with Crippen LogP contribution in [0.3, 0.4) is 0 Å². The molecule has 2 fully saturated rings. The maximum Gasteiger partial charge on any atom is 0.0850 e. The molecule has 0 saturated carbocycles. The Morgan fingerprint density at radius 1 is 0.585 bits per heavy atom. The number of epoxide rings is 2. The maximum atomic E-state index is 5.53. The summed E-state index contributed by atoms with van der Waals surface area (Å²) in [7, 11) is 0. The SMILES string of the molecule is Cc1ccc2c(c1)C(c1ccc(CC3CO3)cc1)(c1ccc(CC3CO3)cc1)c1cc(C)c(-c3ccccc3)cc1-2. The number of hydrogen-bond donors (Lipinski definition) is 0. The highest BCUT2D eigenvalue weighted by molar-refractivity contribution is 5.90. The number of hydrogen-bond acceptors (Lipinski definition) is 2. The molecule has 5 aromatic carbocycles. The molecule has 2 unspecified atom stereocenters. The van der Waals surface area contributed by atoms with Crippen LogP contribution in [-0.2, 0) is 27.7 Å². The van der Waals surface area contributed by atoms with Gasteiger partial charge in [-0.3, -0.25) is 0 Å². The highest BCUT2D eigenvalue weighted by Crippen LogP contribution is 2.57. The van der Waals surface area contributed by atoms with Crippen molar-refractivity contribution in [2.75, 3.05) is 13.2 Å². The molecule has 0 bridgehead atoms. The molecule has 202 valence electrons. The Bertz CT molecular complexity index is 1680. The van der Waals surface area contributed by atoms with E-state index in [4.69, 9.17) is 9.47 Å². The first-order valence-corrected chi connectivity index (χ1v) is 14.8. The lowest BCUT2D eigenvalue weighted by Crippen LogP contribution is -2.29. The highest BCUT2D eigenvalue weighted by Gasteiger charge is 2.46. The molecule has 0 radical (unpaired) electrons. The number of benzene rings is 5. The molecule has 2 heterocycles. The van der Waals surface area contributed by atoms with Crippen LogP contribution in [0.2, 0.25) is 0 Å². The van der Waals surface area contributed by atoms with Crippen molar-refractivity contribution in [3.8, 4) is 22.3 Å². The average Bonchev–Trinajstić information content (AvgIpc) is 3.94. The maximum absolute atomic E-state index is 5.53. The Labute approximate surface area is 242 Å². The summed E-state index contributed by atoms with van der Waals surface area (Å²) in [4.78, 5) is 0. The molecule has 0 amide bonds. The lowest BCUT2D eigenvalue weighted by molar-refractivity contribution is 0.407. The summed E-state index contributed by atoms with van der Waals surface area (Å²) in [6.07, 6.45) is 2.73. The Hall–Kier alpha value is -3.98. The van der Waals surface area contributed by atoms with E-state index in [1.54, 1.807) is 0 Å². The number of rotatable bonds is 7. The van der Waals surface area contributed by atoms with Gasteiger partial charge in [-0.1, -0.05) is 109 Å². The van der Waals surface area contributed by atoms with E-state index in [1.165, 1.54) is 66.8 Å². The lowest BCUT2D eigenvalue weighted by atomic mass is 9.67. The quantitative estimate of drug-likeness (QED) is 0.193. The molecule has 0 aromatic heterocycles. The molecule has 1 aliphatic carbocycles. The smallest absolute Gasteiger partial charge is 0.0850 e. The van der Waals surface area contributed by atoms with E-state index in [0.29, 0.717) is 12.2 Å². The fourth-order valence-corrected chi connectivity index (χ4v) is 6.99. The largest absolute Gasteiger partial charge is 0.373 e. The van der Waals surface area contributed by atoms with Crippen molar-refractivity contribution in [1.29, 1.82) is 0 Å². The van der Waals surface area contributed by atoms with Crippen LogP contribution in [-0.4, -0.2) is 25.4 Å². The second-order valence-corrected chi connectivity index (χ2v) is 12.1. The van der Waals surface area contributed by atoms with Crippen molar-refractivity contribution in [2.24, 2.45) is 0 Å². The summed E-state index contributed by atoms with van der Waals surface area (Å²) in [5.41, 5.74) is 15.4. The van der Waals surface area contributed by atoms with Crippen molar-refractivity contribution >= 4 is 0 Å². The van der Waals surface area contributed by atoms with Crippen molar-refractivity contribution < 1.29 is 9.47 Å². The minimum absolute atomic E-state index is 0.382. The molecule has 2 saturated heterocycles.